The second kappa shape index (κ2) is 4.42. The minimum Gasteiger partial charge on any atom is -0.326 e. The van der Waals surface area contributed by atoms with Crippen LogP contribution in [0.1, 0.15) is 26.3 Å². The first-order valence-electron chi connectivity index (χ1n) is 6.59. The molecule has 0 unspecified atom stereocenters. The van der Waals surface area contributed by atoms with Crippen LogP contribution in [0.2, 0.25) is 0 Å². The molecular formula is C14H18N6. The molecule has 0 bridgehead atoms. The van der Waals surface area contributed by atoms with E-state index in [1.165, 1.54) is 0 Å². The van der Waals surface area contributed by atoms with E-state index in [1.54, 1.807) is 6.20 Å². The summed E-state index contributed by atoms with van der Waals surface area (Å²) in [5.74, 6) is 0.815. The van der Waals surface area contributed by atoms with E-state index in [0.717, 1.165) is 28.1 Å². The Labute approximate surface area is 117 Å². The average Bonchev–Trinajstić information content (AvgIpc) is 3.03. The van der Waals surface area contributed by atoms with Crippen molar-refractivity contribution in [2.75, 3.05) is 0 Å². The number of benzene rings is 1. The van der Waals surface area contributed by atoms with Crippen molar-refractivity contribution in [3.05, 3.63) is 30.0 Å². The molecule has 3 aromatic rings. The predicted octanol–water partition coefficient (Wildman–Crippen LogP) is 2.04. The van der Waals surface area contributed by atoms with Crippen LogP contribution in [-0.2, 0) is 12.1 Å². The molecule has 6 nitrogen and oxygen atoms in total. The molecule has 0 aliphatic rings. The number of nitrogens with one attached hydrogen (secondary N) is 1. The molecule has 0 fully saturated rings. The summed E-state index contributed by atoms with van der Waals surface area (Å²) in [7, 11) is 0. The van der Waals surface area contributed by atoms with Crippen LogP contribution in [0.3, 0.4) is 0 Å². The third-order valence-corrected chi connectivity index (χ3v) is 3.27. The van der Waals surface area contributed by atoms with Gasteiger partial charge in [0.05, 0.1) is 17.2 Å². The van der Waals surface area contributed by atoms with E-state index in [2.05, 4.69) is 46.8 Å². The number of hydrogen-bond donors (Lipinski definition) is 2. The van der Waals surface area contributed by atoms with Crippen LogP contribution in [0, 0.1) is 0 Å². The molecule has 2 aromatic heterocycles. The van der Waals surface area contributed by atoms with E-state index in [1.807, 2.05) is 12.1 Å². The Hall–Kier alpha value is -2.21. The zero-order valence-electron chi connectivity index (χ0n) is 11.9. The molecule has 1 aromatic carbocycles. The molecule has 2 heterocycles. The SMILES string of the molecule is CC(C)(C)n1c(-c2cn[nH]n2)nc2cc(CN)ccc21. The van der Waals surface area contributed by atoms with Crippen LogP contribution in [0.5, 0.6) is 0 Å². The minimum absolute atomic E-state index is 0.104. The highest BCUT2D eigenvalue weighted by atomic mass is 15.3. The van der Waals surface area contributed by atoms with E-state index in [9.17, 15) is 0 Å². The molecule has 0 atom stereocenters. The van der Waals surface area contributed by atoms with Crippen molar-refractivity contribution in [1.82, 2.24) is 25.0 Å². The first kappa shape index (κ1) is 12.8. The van der Waals surface area contributed by atoms with Gasteiger partial charge in [-0.1, -0.05) is 6.07 Å². The summed E-state index contributed by atoms with van der Waals surface area (Å²) in [6, 6.07) is 6.14. The quantitative estimate of drug-likeness (QED) is 0.746. The van der Waals surface area contributed by atoms with Gasteiger partial charge in [-0.05, 0) is 38.5 Å². The van der Waals surface area contributed by atoms with Crippen molar-refractivity contribution < 1.29 is 0 Å². The summed E-state index contributed by atoms with van der Waals surface area (Å²) in [6.07, 6.45) is 1.69. The largest absolute Gasteiger partial charge is 0.326 e. The Kier molecular flexibility index (Phi) is 2.83. The van der Waals surface area contributed by atoms with Gasteiger partial charge in [0, 0.05) is 12.1 Å². The molecular weight excluding hydrogens is 252 g/mol. The zero-order valence-corrected chi connectivity index (χ0v) is 11.9. The van der Waals surface area contributed by atoms with E-state index < -0.39 is 0 Å². The maximum absolute atomic E-state index is 5.70. The van der Waals surface area contributed by atoms with Crippen molar-refractivity contribution in [2.45, 2.75) is 32.9 Å². The summed E-state index contributed by atoms with van der Waals surface area (Å²) in [5.41, 5.74) is 9.42. The second-order valence-electron chi connectivity index (χ2n) is 5.82. The summed E-state index contributed by atoms with van der Waals surface area (Å²) in [4.78, 5) is 4.72. The standard InChI is InChI=1S/C14H18N6/c1-14(2,3)20-12-5-4-9(7-15)6-10(12)17-13(20)11-8-16-19-18-11/h4-6,8H,7,15H2,1-3H3,(H,16,18,19). The average molecular weight is 270 g/mol. The van der Waals surface area contributed by atoms with Gasteiger partial charge in [-0.2, -0.15) is 15.4 Å². The fourth-order valence-corrected chi connectivity index (χ4v) is 2.41. The van der Waals surface area contributed by atoms with Crippen molar-refractivity contribution in [1.29, 1.82) is 0 Å². The molecule has 3 rings (SSSR count). The van der Waals surface area contributed by atoms with Gasteiger partial charge in [-0.15, -0.1) is 0 Å². The number of aromatic nitrogens is 5. The van der Waals surface area contributed by atoms with Crippen molar-refractivity contribution >= 4 is 11.0 Å². The molecule has 0 spiro atoms. The van der Waals surface area contributed by atoms with Crippen LogP contribution in [0.15, 0.2) is 24.4 Å². The molecule has 3 N–H and O–H groups in total. The highest BCUT2D eigenvalue weighted by Crippen LogP contribution is 2.30. The number of imidazole rings is 1. The lowest BCUT2D eigenvalue weighted by Crippen LogP contribution is -2.22. The predicted molar refractivity (Wildman–Crippen MR) is 78.0 cm³/mol. The van der Waals surface area contributed by atoms with Gasteiger partial charge in [0.15, 0.2) is 5.82 Å². The zero-order chi connectivity index (χ0) is 14.3. The molecule has 0 aliphatic carbocycles. The lowest BCUT2D eigenvalue weighted by atomic mass is 10.1. The Bertz CT molecular complexity index is 733. The van der Waals surface area contributed by atoms with Crippen LogP contribution in [0.4, 0.5) is 0 Å². The molecule has 0 saturated heterocycles. The van der Waals surface area contributed by atoms with Crippen molar-refractivity contribution in [3.63, 3.8) is 0 Å². The minimum atomic E-state index is -0.104. The normalized spacial score (nSPS) is 12.2. The second-order valence-corrected chi connectivity index (χ2v) is 5.82. The van der Waals surface area contributed by atoms with Gasteiger partial charge in [-0.25, -0.2) is 4.98 Å². The lowest BCUT2D eigenvalue weighted by Gasteiger charge is -2.24. The van der Waals surface area contributed by atoms with Gasteiger partial charge in [0.2, 0.25) is 0 Å². The first-order chi connectivity index (χ1) is 9.50. The lowest BCUT2D eigenvalue weighted by molar-refractivity contribution is 0.412. The number of nitrogens with two attached hydrogens (primary N) is 1. The molecule has 20 heavy (non-hydrogen) atoms. The van der Waals surface area contributed by atoms with Gasteiger partial charge in [0.1, 0.15) is 5.69 Å². The fourth-order valence-electron chi connectivity index (χ4n) is 2.41. The van der Waals surface area contributed by atoms with E-state index in [4.69, 9.17) is 10.7 Å². The third kappa shape index (κ3) is 1.98. The molecule has 0 saturated carbocycles. The van der Waals surface area contributed by atoms with Gasteiger partial charge in [-0.3, -0.25) is 0 Å². The van der Waals surface area contributed by atoms with Crippen molar-refractivity contribution in [2.24, 2.45) is 5.73 Å². The summed E-state index contributed by atoms with van der Waals surface area (Å²) in [5, 5.41) is 10.7. The number of nitrogens with zero attached hydrogens (tertiary/aromatic N) is 4. The Balaban J connectivity index is 2.33. The summed E-state index contributed by atoms with van der Waals surface area (Å²) in [6.45, 7) is 6.95. The molecule has 104 valence electrons. The smallest absolute Gasteiger partial charge is 0.163 e. The van der Waals surface area contributed by atoms with Gasteiger partial charge in [0.25, 0.3) is 0 Å². The van der Waals surface area contributed by atoms with E-state index >= 15 is 0 Å². The molecule has 6 heteroatoms. The Morgan fingerprint density at radius 3 is 2.70 bits per heavy atom. The summed E-state index contributed by atoms with van der Waals surface area (Å²) < 4.78 is 2.18. The maximum atomic E-state index is 5.70. The van der Waals surface area contributed by atoms with Crippen LogP contribution in [0.25, 0.3) is 22.6 Å². The van der Waals surface area contributed by atoms with Gasteiger partial charge < -0.3 is 10.3 Å². The van der Waals surface area contributed by atoms with Crippen molar-refractivity contribution in [3.8, 4) is 11.5 Å². The number of fused-ring (bicyclic) bond motifs is 1. The van der Waals surface area contributed by atoms with E-state index in [0.29, 0.717) is 6.54 Å². The monoisotopic (exact) mass is 270 g/mol. The summed E-state index contributed by atoms with van der Waals surface area (Å²) >= 11 is 0. The Morgan fingerprint density at radius 2 is 2.10 bits per heavy atom. The maximum Gasteiger partial charge on any atom is 0.163 e. The van der Waals surface area contributed by atoms with Gasteiger partial charge >= 0.3 is 0 Å². The highest BCUT2D eigenvalue weighted by molar-refractivity contribution is 5.81. The Morgan fingerprint density at radius 1 is 1.30 bits per heavy atom. The number of H-pyrrole nitrogens is 1. The highest BCUT2D eigenvalue weighted by Gasteiger charge is 2.23. The molecule has 0 amide bonds. The number of aromatic amines is 1. The topological polar surface area (TPSA) is 85.4 Å². The fraction of sp³-hybridized carbons (Fsp3) is 0.357. The first-order valence-corrected chi connectivity index (χ1v) is 6.59. The van der Waals surface area contributed by atoms with Crippen LogP contribution >= 0.6 is 0 Å². The third-order valence-electron chi connectivity index (χ3n) is 3.27. The number of hydrogen-bond acceptors (Lipinski definition) is 4. The van der Waals surface area contributed by atoms with E-state index in [-0.39, 0.29) is 5.54 Å². The van der Waals surface area contributed by atoms with Crippen LogP contribution in [-0.4, -0.2) is 25.0 Å². The molecule has 0 radical (unpaired) electrons. The molecule has 0 aliphatic heterocycles. The van der Waals surface area contributed by atoms with Crippen LogP contribution < -0.4 is 5.73 Å². The number of rotatable bonds is 2.